The molecule has 0 spiro atoms. The van der Waals surface area contributed by atoms with Crippen molar-refractivity contribution in [2.45, 2.75) is 0 Å². The topological polar surface area (TPSA) is 43.6 Å². The molecule has 0 atom stereocenters. The lowest BCUT2D eigenvalue weighted by atomic mass is 9.98. The molecule has 2 heterocycles. The summed E-state index contributed by atoms with van der Waals surface area (Å²) >= 11 is 0. The third-order valence-electron chi connectivity index (χ3n) is 7.87. The van der Waals surface area contributed by atoms with Gasteiger partial charge >= 0.3 is 0 Å². The monoisotopic (exact) mass is 550 g/mol. The highest BCUT2D eigenvalue weighted by Gasteiger charge is 2.18. The third kappa shape index (κ3) is 4.46. The van der Waals surface area contributed by atoms with Gasteiger partial charge in [0.1, 0.15) is 0 Å². The normalized spacial score (nSPS) is 11.3. The van der Waals surface area contributed by atoms with Crippen molar-refractivity contribution >= 4 is 21.8 Å². The van der Waals surface area contributed by atoms with E-state index in [2.05, 4.69) is 95.6 Å². The maximum Gasteiger partial charge on any atom is 0.164 e. The van der Waals surface area contributed by atoms with Crippen LogP contribution in [0.5, 0.6) is 0 Å². The van der Waals surface area contributed by atoms with Gasteiger partial charge in [-0.3, -0.25) is 0 Å². The smallest absolute Gasteiger partial charge is 0.164 e. The van der Waals surface area contributed by atoms with Crippen LogP contribution in [0.3, 0.4) is 0 Å². The standard InChI is InChI=1S/C39H26N4/c1-4-14-27(15-5-1)34-26-30(43-35-22-12-10-20-31(35)32-21-11-13-23-36(32)43)24-25-33(34)39-41-37(28-16-6-2-7-17-28)40-38(42-39)29-18-8-3-9-19-29/h1-26H. The predicted octanol–water partition coefficient (Wildman–Crippen LogP) is 9.64. The summed E-state index contributed by atoms with van der Waals surface area (Å²) in [7, 11) is 0. The number of hydrogen-bond donors (Lipinski definition) is 0. The molecule has 8 rings (SSSR count). The maximum atomic E-state index is 5.05. The summed E-state index contributed by atoms with van der Waals surface area (Å²) < 4.78 is 2.35. The van der Waals surface area contributed by atoms with Gasteiger partial charge in [0, 0.05) is 33.2 Å². The zero-order chi connectivity index (χ0) is 28.6. The summed E-state index contributed by atoms with van der Waals surface area (Å²) in [6.07, 6.45) is 0. The Balaban J connectivity index is 1.39. The van der Waals surface area contributed by atoms with E-state index in [1.165, 1.54) is 21.8 Å². The van der Waals surface area contributed by atoms with E-state index in [1.807, 2.05) is 66.7 Å². The Morgan fingerprint density at radius 3 is 1.33 bits per heavy atom. The van der Waals surface area contributed by atoms with Gasteiger partial charge < -0.3 is 4.57 Å². The van der Waals surface area contributed by atoms with Crippen LogP contribution in [0.15, 0.2) is 158 Å². The van der Waals surface area contributed by atoms with Gasteiger partial charge in [-0.2, -0.15) is 0 Å². The fourth-order valence-corrected chi connectivity index (χ4v) is 5.85. The molecule has 2 aromatic heterocycles. The van der Waals surface area contributed by atoms with E-state index >= 15 is 0 Å². The molecule has 0 N–H and O–H groups in total. The first-order valence-electron chi connectivity index (χ1n) is 14.4. The lowest BCUT2D eigenvalue weighted by Gasteiger charge is -2.15. The molecule has 0 radical (unpaired) electrons. The fraction of sp³-hybridized carbons (Fsp3) is 0. The Bertz CT molecular complexity index is 2110. The lowest BCUT2D eigenvalue weighted by molar-refractivity contribution is 1.07. The van der Waals surface area contributed by atoms with Gasteiger partial charge in [-0.25, -0.2) is 15.0 Å². The number of para-hydroxylation sites is 2. The second-order valence-electron chi connectivity index (χ2n) is 10.5. The first kappa shape index (κ1) is 24.9. The van der Waals surface area contributed by atoms with Crippen molar-refractivity contribution in [1.82, 2.24) is 19.5 Å². The first-order valence-corrected chi connectivity index (χ1v) is 14.4. The van der Waals surface area contributed by atoms with Crippen LogP contribution in [0, 0.1) is 0 Å². The summed E-state index contributed by atoms with van der Waals surface area (Å²) in [5.41, 5.74) is 8.44. The molecule has 0 fully saturated rings. The van der Waals surface area contributed by atoms with E-state index in [0.717, 1.165) is 33.5 Å². The van der Waals surface area contributed by atoms with Gasteiger partial charge in [-0.05, 0) is 41.5 Å². The molecule has 8 aromatic rings. The Kier molecular flexibility index (Phi) is 6.08. The number of rotatable bonds is 5. The van der Waals surface area contributed by atoms with Crippen LogP contribution in [-0.2, 0) is 0 Å². The quantitative estimate of drug-likeness (QED) is 0.214. The van der Waals surface area contributed by atoms with Gasteiger partial charge in [0.25, 0.3) is 0 Å². The van der Waals surface area contributed by atoms with Crippen molar-refractivity contribution in [2.75, 3.05) is 0 Å². The molecule has 202 valence electrons. The third-order valence-corrected chi connectivity index (χ3v) is 7.87. The van der Waals surface area contributed by atoms with E-state index in [1.54, 1.807) is 0 Å². The summed E-state index contributed by atoms with van der Waals surface area (Å²) in [6.45, 7) is 0. The average Bonchev–Trinajstić information content (AvgIpc) is 3.43. The van der Waals surface area contributed by atoms with Crippen LogP contribution in [0.2, 0.25) is 0 Å². The highest BCUT2D eigenvalue weighted by Crippen LogP contribution is 2.37. The Hall–Kier alpha value is -5.87. The van der Waals surface area contributed by atoms with Crippen LogP contribution < -0.4 is 0 Å². The zero-order valence-electron chi connectivity index (χ0n) is 23.3. The van der Waals surface area contributed by atoms with E-state index in [-0.39, 0.29) is 0 Å². The van der Waals surface area contributed by atoms with Gasteiger partial charge in [0.2, 0.25) is 0 Å². The second kappa shape index (κ2) is 10.5. The van der Waals surface area contributed by atoms with Gasteiger partial charge in [0.15, 0.2) is 17.5 Å². The Morgan fingerprint density at radius 1 is 0.349 bits per heavy atom. The van der Waals surface area contributed by atoms with Crippen molar-refractivity contribution < 1.29 is 0 Å². The Morgan fingerprint density at radius 2 is 0.791 bits per heavy atom. The average molecular weight is 551 g/mol. The summed E-state index contributed by atoms with van der Waals surface area (Å²) in [4.78, 5) is 15.0. The molecular formula is C39H26N4. The van der Waals surface area contributed by atoms with Crippen LogP contribution in [0.1, 0.15) is 0 Å². The highest BCUT2D eigenvalue weighted by molar-refractivity contribution is 6.09. The molecule has 0 aliphatic rings. The minimum atomic E-state index is 0.639. The van der Waals surface area contributed by atoms with Gasteiger partial charge in [-0.1, -0.05) is 127 Å². The molecule has 0 aliphatic carbocycles. The molecule has 0 saturated carbocycles. The molecule has 4 heteroatoms. The molecule has 0 aliphatic heterocycles. The minimum absolute atomic E-state index is 0.639. The molecular weight excluding hydrogens is 524 g/mol. The summed E-state index contributed by atoms with van der Waals surface area (Å²) in [5, 5.41) is 2.47. The highest BCUT2D eigenvalue weighted by atomic mass is 15.0. The number of nitrogens with zero attached hydrogens (tertiary/aromatic N) is 4. The number of benzene rings is 6. The van der Waals surface area contributed by atoms with Crippen LogP contribution in [-0.4, -0.2) is 19.5 Å². The molecule has 0 bridgehead atoms. The molecule has 0 unspecified atom stereocenters. The van der Waals surface area contributed by atoms with Crippen LogP contribution in [0.25, 0.3) is 72.8 Å². The van der Waals surface area contributed by atoms with E-state index in [0.29, 0.717) is 17.5 Å². The minimum Gasteiger partial charge on any atom is -0.309 e. The van der Waals surface area contributed by atoms with Crippen LogP contribution >= 0.6 is 0 Å². The fourth-order valence-electron chi connectivity index (χ4n) is 5.85. The SMILES string of the molecule is c1ccc(-c2nc(-c3ccccc3)nc(-c3ccc(-n4c5ccccc5c5ccccc54)cc3-c3ccccc3)n2)cc1. The number of fused-ring (bicyclic) bond motifs is 3. The number of hydrogen-bond acceptors (Lipinski definition) is 3. The van der Waals surface area contributed by atoms with Crippen molar-refractivity contribution in [3.8, 4) is 51.0 Å². The molecule has 0 amide bonds. The van der Waals surface area contributed by atoms with Crippen molar-refractivity contribution in [2.24, 2.45) is 0 Å². The zero-order valence-corrected chi connectivity index (χ0v) is 23.3. The predicted molar refractivity (Wildman–Crippen MR) is 176 cm³/mol. The first-order chi connectivity index (χ1) is 21.3. The van der Waals surface area contributed by atoms with Crippen molar-refractivity contribution in [1.29, 1.82) is 0 Å². The summed E-state index contributed by atoms with van der Waals surface area (Å²) in [6, 6.07) is 54.5. The van der Waals surface area contributed by atoms with Crippen LogP contribution in [0.4, 0.5) is 0 Å². The Labute approximate surface area is 249 Å². The molecule has 43 heavy (non-hydrogen) atoms. The number of aromatic nitrogens is 4. The van der Waals surface area contributed by atoms with Crippen molar-refractivity contribution in [3.63, 3.8) is 0 Å². The lowest BCUT2D eigenvalue weighted by Crippen LogP contribution is -2.02. The van der Waals surface area contributed by atoms with E-state index in [4.69, 9.17) is 15.0 Å². The molecule has 0 saturated heterocycles. The van der Waals surface area contributed by atoms with Crippen molar-refractivity contribution in [3.05, 3.63) is 158 Å². The van der Waals surface area contributed by atoms with E-state index in [9.17, 15) is 0 Å². The van der Waals surface area contributed by atoms with Gasteiger partial charge in [0.05, 0.1) is 11.0 Å². The largest absolute Gasteiger partial charge is 0.309 e. The molecule has 4 nitrogen and oxygen atoms in total. The van der Waals surface area contributed by atoms with E-state index < -0.39 is 0 Å². The second-order valence-corrected chi connectivity index (χ2v) is 10.5. The summed E-state index contributed by atoms with van der Waals surface area (Å²) in [5.74, 6) is 1.94. The maximum absolute atomic E-state index is 5.05. The molecule has 6 aromatic carbocycles. The van der Waals surface area contributed by atoms with Gasteiger partial charge in [-0.15, -0.1) is 0 Å².